The van der Waals surface area contributed by atoms with Crippen LogP contribution in [0.4, 0.5) is 30.5 Å². The summed E-state index contributed by atoms with van der Waals surface area (Å²) in [5.41, 5.74) is 2.31. The van der Waals surface area contributed by atoms with E-state index in [1.54, 1.807) is 35.4 Å². The number of hydrogen-bond donors (Lipinski definition) is 2. The number of aromatic nitrogens is 5. The summed E-state index contributed by atoms with van der Waals surface area (Å²) < 4.78 is 40.8. The van der Waals surface area contributed by atoms with Crippen molar-refractivity contribution in [2.75, 3.05) is 10.6 Å². The number of benzene rings is 2. The zero-order chi connectivity index (χ0) is 26.7. The van der Waals surface area contributed by atoms with E-state index in [2.05, 4.69) is 30.6 Å². The zero-order valence-electron chi connectivity index (χ0n) is 19.9. The van der Waals surface area contributed by atoms with E-state index in [0.29, 0.717) is 28.5 Å². The number of rotatable bonds is 6. The Balaban J connectivity index is 1.36. The van der Waals surface area contributed by atoms with Gasteiger partial charge in [-0.15, -0.1) is 0 Å². The number of halogens is 3. The van der Waals surface area contributed by atoms with Crippen LogP contribution in [0.1, 0.15) is 27.0 Å². The van der Waals surface area contributed by atoms with Gasteiger partial charge in [-0.2, -0.15) is 13.2 Å². The first-order valence-corrected chi connectivity index (χ1v) is 11.4. The van der Waals surface area contributed by atoms with E-state index in [-0.39, 0.29) is 5.56 Å². The summed E-state index contributed by atoms with van der Waals surface area (Å²) >= 11 is 0. The molecule has 0 aliphatic heterocycles. The minimum atomic E-state index is -4.53. The Morgan fingerprint density at radius 2 is 1.84 bits per heavy atom. The second kappa shape index (κ2) is 10.1. The van der Waals surface area contributed by atoms with Crippen molar-refractivity contribution in [3.63, 3.8) is 0 Å². The SMILES string of the molecule is Cc1ccc(NC(=O)c2cccc(C(F)(F)F)c2)cc1/C=C/n1cnc2c(Nc3ccccn3)ncnc21. The van der Waals surface area contributed by atoms with Crippen molar-refractivity contribution in [3.8, 4) is 0 Å². The fourth-order valence-corrected chi connectivity index (χ4v) is 3.71. The van der Waals surface area contributed by atoms with E-state index < -0.39 is 17.6 Å². The van der Waals surface area contributed by atoms with E-state index in [4.69, 9.17) is 0 Å². The fourth-order valence-electron chi connectivity index (χ4n) is 3.71. The standard InChI is InChI=1S/C27H20F3N7O/c1-17-8-9-21(35-26(38)19-5-4-6-20(13-19)27(28,29)30)14-18(17)10-12-37-16-34-23-24(32-15-33-25(23)37)36-22-7-2-3-11-31-22/h2-16H,1H3,(H,35,38)(H,31,32,33,36)/b12-10+. The molecule has 0 fully saturated rings. The van der Waals surface area contributed by atoms with Crippen molar-refractivity contribution in [1.29, 1.82) is 0 Å². The zero-order valence-corrected chi connectivity index (χ0v) is 19.9. The summed E-state index contributed by atoms with van der Waals surface area (Å²) in [6.45, 7) is 1.90. The minimum absolute atomic E-state index is 0.0859. The third-order valence-corrected chi connectivity index (χ3v) is 5.67. The number of carbonyl (C=O) groups is 1. The van der Waals surface area contributed by atoms with Gasteiger partial charge in [-0.3, -0.25) is 9.36 Å². The van der Waals surface area contributed by atoms with Gasteiger partial charge in [0.15, 0.2) is 17.0 Å². The lowest BCUT2D eigenvalue weighted by Crippen LogP contribution is -2.14. The number of hydrogen-bond acceptors (Lipinski definition) is 6. The van der Waals surface area contributed by atoms with Crippen molar-refractivity contribution >= 4 is 46.7 Å². The van der Waals surface area contributed by atoms with Gasteiger partial charge < -0.3 is 10.6 Å². The highest BCUT2D eigenvalue weighted by Gasteiger charge is 2.30. The third kappa shape index (κ3) is 5.36. The van der Waals surface area contributed by atoms with Gasteiger partial charge in [0.05, 0.1) is 5.56 Å². The summed E-state index contributed by atoms with van der Waals surface area (Å²) in [6.07, 6.45) is 3.76. The highest BCUT2D eigenvalue weighted by molar-refractivity contribution is 6.04. The van der Waals surface area contributed by atoms with Crippen molar-refractivity contribution in [2.45, 2.75) is 13.1 Å². The Bertz CT molecular complexity index is 1650. The summed E-state index contributed by atoms with van der Waals surface area (Å²) in [6, 6.07) is 15.0. The van der Waals surface area contributed by atoms with Gasteiger partial charge in [0, 0.05) is 23.6 Å². The third-order valence-electron chi connectivity index (χ3n) is 5.67. The van der Waals surface area contributed by atoms with Crippen LogP contribution >= 0.6 is 0 Å². The van der Waals surface area contributed by atoms with E-state index in [1.807, 2.05) is 37.3 Å². The number of fused-ring (bicyclic) bond motifs is 1. The molecule has 11 heteroatoms. The number of aryl methyl sites for hydroxylation is 1. The molecule has 0 saturated carbocycles. The Kier molecular flexibility index (Phi) is 6.56. The molecule has 38 heavy (non-hydrogen) atoms. The maximum absolute atomic E-state index is 13.0. The molecule has 0 radical (unpaired) electrons. The van der Waals surface area contributed by atoms with Crippen LogP contribution in [0.25, 0.3) is 23.4 Å². The second-order valence-electron chi connectivity index (χ2n) is 8.31. The predicted octanol–water partition coefficient (Wildman–Crippen LogP) is 6.17. The van der Waals surface area contributed by atoms with Gasteiger partial charge >= 0.3 is 6.18 Å². The first kappa shape index (κ1) is 24.6. The maximum atomic E-state index is 13.0. The van der Waals surface area contributed by atoms with Gasteiger partial charge in [0.2, 0.25) is 0 Å². The number of carbonyl (C=O) groups excluding carboxylic acids is 1. The molecule has 5 rings (SSSR count). The van der Waals surface area contributed by atoms with Crippen LogP contribution in [0.2, 0.25) is 0 Å². The van der Waals surface area contributed by atoms with E-state index >= 15 is 0 Å². The number of nitrogens with zero attached hydrogens (tertiary/aromatic N) is 5. The topological polar surface area (TPSA) is 97.6 Å². The molecule has 3 aromatic heterocycles. The predicted molar refractivity (Wildman–Crippen MR) is 139 cm³/mol. The molecule has 0 aliphatic carbocycles. The van der Waals surface area contributed by atoms with Crippen LogP contribution in [0, 0.1) is 6.92 Å². The number of amides is 1. The molecule has 0 saturated heterocycles. The second-order valence-corrected chi connectivity index (χ2v) is 8.31. The molecule has 2 N–H and O–H groups in total. The Labute approximate surface area is 214 Å². The number of anilines is 3. The van der Waals surface area contributed by atoms with E-state index in [1.165, 1.54) is 18.5 Å². The van der Waals surface area contributed by atoms with Gasteiger partial charge in [-0.1, -0.05) is 18.2 Å². The van der Waals surface area contributed by atoms with Crippen LogP contribution in [-0.2, 0) is 6.18 Å². The monoisotopic (exact) mass is 515 g/mol. The smallest absolute Gasteiger partial charge is 0.323 e. The molecule has 0 atom stereocenters. The summed E-state index contributed by atoms with van der Waals surface area (Å²) in [5, 5.41) is 5.79. The molecule has 1 amide bonds. The Hall–Kier alpha value is -5.06. The summed E-state index contributed by atoms with van der Waals surface area (Å²) in [5.74, 6) is 0.494. The molecule has 0 spiro atoms. The van der Waals surface area contributed by atoms with Gasteiger partial charge in [0.25, 0.3) is 5.91 Å². The molecule has 190 valence electrons. The number of pyridine rings is 1. The highest BCUT2D eigenvalue weighted by atomic mass is 19.4. The van der Waals surface area contributed by atoms with Crippen LogP contribution < -0.4 is 10.6 Å². The molecule has 8 nitrogen and oxygen atoms in total. The van der Waals surface area contributed by atoms with Gasteiger partial charge in [0.1, 0.15) is 18.5 Å². The molecule has 2 aromatic carbocycles. The largest absolute Gasteiger partial charge is 0.416 e. The molecule has 5 aromatic rings. The van der Waals surface area contributed by atoms with Crippen molar-refractivity contribution < 1.29 is 18.0 Å². The maximum Gasteiger partial charge on any atom is 0.416 e. The fraction of sp³-hybridized carbons (Fsp3) is 0.0741. The van der Waals surface area contributed by atoms with Crippen LogP contribution in [-0.4, -0.2) is 30.4 Å². The first-order chi connectivity index (χ1) is 18.3. The lowest BCUT2D eigenvalue weighted by molar-refractivity contribution is -0.137. The average Bonchev–Trinajstić information content (AvgIpc) is 3.33. The minimum Gasteiger partial charge on any atom is -0.323 e. The summed E-state index contributed by atoms with van der Waals surface area (Å²) in [4.78, 5) is 29.9. The van der Waals surface area contributed by atoms with E-state index in [9.17, 15) is 18.0 Å². The van der Waals surface area contributed by atoms with Gasteiger partial charge in [-0.05, 0) is 66.6 Å². The number of nitrogens with one attached hydrogen (secondary N) is 2. The number of imidazole rings is 1. The Morgan fingerprint density at radius 1 is 0.974 bits per heavy atom. The quantitative estimate of drug-likeness (QED) is 0.281. The van der Waals surface area contributed by atoms with Crippen LogP contribution in [0.3, 0.4) is 0 Å². The van der Waals surface area contributed by atoms with Crippen molar-refractivity contribution in [1.82, 2.24) is 24.5 Å². The Morgan fingerprint density at radius 3 is 2.63 bits per heavy atom. The molecule has 0 unspecified atom stereocenters. The molecule has 3 heterocycles. The van der Waals surface area contributed by atoms with Crippen LogP contribution in [0.5, 0.6) is 0 Å². The molecule has 0 bridgehead atoms. The highest BCUT2D eigenvalue weighted by Crippen LogP contribution is 2.30. The lowest BCUT2D eigenvalue weighted by Gasteiger charge is -2.10. The van der Waals surface area contributed by atoms with Crippen molar-refractivity contribution in [2.24, 2.45) is 0 Å². The number of alkyl halides is 3. The molecule has 0 aliphatic rings. The molecular formula is C27H20F3N7O. The first-order valence-electron chi connectivity index (χ1n) is 11.4. The van der Waals surface area contributed by atoms with E-state index in [0.717, 1.165) is 23.3 Å². The normalized spacial score (nSPS) is 11.7. The van der Waals surface area contributed by atoms with Crippen molar-refractivity contribution in [3.05, 3.63) is 102 Å². The lowest BCUT2D eigenvalue weighted by atomic mass is 10.1. The summed E-state index contributed by atoms with van der Waals surface area (Å²) in [7, 11) is 0. The average molecular weight is 515 g/mol. The molecular weight excluding hydrogens is 495 g/mol. The van der Waals surface area contributed by atoms with Gasteiger partial charge in [-0.25, -0.2) is 19.9 Å². The van der Waals surface area contributed by atoms with Crippen LogP contribution in [0.15, 0.2) is 79.5 Å².